The minimum Gasteiger partial charge on any atom is -0.490 e. The van der Waals surface area contributed by atoms with Gasteiger partial charge in [0.1, 0.15) is 11.8 Å². The number of hydrogen-bond acceptors (Lipinski definition) is 3. The summed E-state index contributed by atoms with van der Waals surface area (Å²) in [6, 6.07) is 6.61. The van der Waals surface area contributed by atoms with Crippen LogP contribution in [0.2, 0.25) is 0 Å². The summed E-state index contributed by atoms with van der Waals surface area (Å²) in [5.41, 5.74) is 6.36. The molecular weight excluding hydrogens is 206 g/mol. The van der Waals surface area contributed by atoms with E-state index < -0.39 is 12.0 Å². The number of carboxylic acid groups (broad SMARTS) is 1. The van der Waals surface area contributed by atoms with Gasteiger partial charge in [-0.3, -0.25) is 4.79 Å². The molecule has 86 valence electrons. The van der Waals surface area contributed by atoms with Crippen LogP contribution < -0.4 is 10.5 Å². The van der Waals surface area contributed by atoms with Crippen molar-refractivity contribution in [3.63, 3.8) is 0 Å². The molecule has 1 aliphatic rings. The van der Waals surface area contributed by atoms with Gasteiger partial charge in [-0.1, -0.05) is 12.1 Å². The number of hydrogen-bond donors (Lipinski definition) is 2. The Morgan fingerprint density at radius 3 is 2.56 bits per heavy atom. The monoisotopic (exact) mass is 221 g/mol. The molecule has 1 aliphatic carbocycles. The minimum atomic E-state index is -0.974. The van der Waals surface area contributed by atoms with Gasteiger partial charge in [0.25, 0.3) is 0 Å². The number of carboxylic acids is 1. The van der Waals surface area contributed by atoms with Crippen LogP contribution in [0.25, 0.3) is 0 Å². The van der Waals surface area contributed by atoms with Crippen LogP contribution in [0.3, 0.4) is 0 Å². The lowest BCUT2D eigenvalue weighted by Crippen LogP contribution is -2.32. The molecule has 0 bridgehead atoms. The predicted octanol–water partition coefficient (Wildman–Crippen LogP) is 1.18. The lowest BCUT2D eigenvalue weighted by atomic mass is 10.1. The molecule has 16 heavy (non-hydrogen) atoms. The average Bonchev–Trinajstić information content (AvgIpc) is 3.04. The molecule has 1 aromatic rings. The molecular formula is C12H15NO3. The average molecular weight is 221 g/mol. The molecule has 0 spiro atoms. The number of benzene rings is 1. The highest BCUT2D eigenvalue weighted by molar-refractivity contribution is 5.73. The van der Waals surface area contributed by atoms with Gasteiger partial charge in [0, 0.05) is 0 Å². The second kappa shape index (κ2) is 4.53. The minimum absolute atomic E-state index is 0.346. The molecule has 0 saturated heterocycles. The number of carbonyl (C=O) groups is 1. The Labute approximate surface area is 94.0 Å². The van der Waals surface area contributed by atoms with Crippen LogP contribution in [0.5, 0.6) is 5.75 Å². The van der Waals surface area contributed by atoms with Crippen LogP contribution >= 0.6 is 0 Å². The van der Waals surface area contributed by atoms with Crippen molar-refractivity contribution >= 4 is 5.97 Å². The van der Waals surface area contributed by atoms with E-state index in [1.165, 1.54) is 0 Å². The first-order valence-electron chi connectivity index (χ1n) is 5.39. The van der Waals surface area contributed by atoms with E-state index in [1.807, 2.05) is 24.3 Å². The maximum Gasteiger partial charge on any atom is 0.320 e. The van der Waals surface area contributed by atoms with Crippen molar-refractivity contribution in [1.82, 2.24) is 0 Å². The quantitative estimate of drug-likeness (QED) is 0.783. The van der Waals surface area contributed by atoms with Crippen molar-refractivity contribution in [3.05, 3.63) is 29.8 Å². The van der Waals surface area contributed by atoms with Crippen LogP contribution in [0.4, 0.5) is 0 Å². The molecule has 1 fully saturated rings. The van der Waals surface area contributed by atoms with Crippen molar-refractivity contribution in [2.75, 3.05) is 0 Å². The van der Waals surface area contributed by atoms with Gasteiger partial charge in [-0.25, -0.2) is 0 Å². The van der Waals surface area contributed by atoms with Crippen molar-refractivity contribution in [2.45, 2.75) is 31.4 Å². The van der Waals surface area contributed by atoms with Crippen molar-refractivity contribution in [1.29, 1.82) is 0 Å². The molecule has 0 aromatic heterocycles. The molecule has 1 unspecified atom stereocenters. The van der Waals surface area contributed by atoms with Gasteiger partial charge >= 0.3 is 5.97 Å². The van der Waals surface area contributed by atoms with E-state index in [9.17, 15) is 4.79 Å². The molecule has 0 amide bonds. The third-order valence-electron chi connectivity index (χ3n) is 2.52. The van der Waals surface area contributed by atoms with Crippen LogP contribution in [0, 0.1) is 0 Å². The van der Waals surface area contributed by atoms with E-state index in [0.29, 0.717) is 12.5 Å². The van der Waals surface area contributed by atoms with E-state index >= 15 is 0 Å². The second-order valence-electron chi connectivity index (χ2n) is 4.11. The Morgan fingerprint density at radius 2 is 2.06 bits per heavy atom. The summed E-state index contributed by atoms with van der Waals surface area (Å²) >= 11 is 0. The van der Waals surface area contributed by atoms with Crippen LogP contribution in [0.15, 0.2) is 24.3 Å². The fourth-order valence-electron chi connectivity index (χ4n) is 1.42. The van der Waals surface area contributed by atoms with E-state index in [1.54, 1.807) is 0 Å². The Balaban J connectivity index is 1.92. The van der Waals surface area contributed by atoms with Crippen molar-refractivity contribution < 1.29 is 14.6 Å². The summed E-state index contributed by atoms with van der Waals surface area (Å²) < 4.78 is 5.59. The van der Waals surface area contributed by atoms with Crippen molar-refractivity contribution in [2.24, 2.45) is 5.73 Å². The lowest BCUT2D eigenvalue weighted by molar-refractivity contribution is -0.138. The fraction of sp³-hybridized carbons (Fsp3) is 0.417. The molecule has 1 atom stereocenters. The third kappa shape index (κ3) is 2.97. The highest BCUT2D eigenvalue weighted by Gasteiger charge is 2.23. The standard InChI is InChI=1S/C12H15NO3/c13-11(12(14)15)7-8-1-3-9(4-2-8)16-10-5-6-10/h1-4,10-11H,5-7,13H2,(H,14,15). The Bertz CT molecular complexity index is 370. The van der Waals surface area contributed by atoms with Gasteiger partial charge in [-0.05, 0) is 37.0 Å². The van der Waals surface area contributed by atoms with Crippen LogP contribution in [-0.2, 0) is 11.2 Å². The molecule has 3 N–H and O–H groups in total. The van der Waals surface area contributed by atoms with Crippen molar-refractivity contribution in [3.8, 4) is 5.75 Å². The first-order valence-corrected chi connectivity index (χ1v) is 5.39. The van der Waals surface area contributed by atoms with Gasteiger partial charge in [-0.15, -0.1) is 0 Å². The number of ether oxygens (including phenoxy) is 1. The zero-order chi connectivity index (χ0) is 11.5. The van der Waals surface area contributed by atoms with E-state index in [2.05, 4.69) is 0 Å². The fourth-order valence-corrected chi connectivity index (χ4v) is 1.42. The summed E-state index contributed by atoms with van der Waals surface area (Å²) in [7, 11) is 0. The summed E-state index contributed by atoms with van der Waals surface area (Å²) in [4.78, 5) is 10.6. The Hall–Kier alpha value is -1.55. The molecule has 4 nitrogen and oxygen atoms in total. The normalized spacial score (nSPS) is 16.8. The maximum absolute atomic E-state index is 10.6. The second-order valence-corrected chi connectivity index (χ2v) is 4.11. The largest absolute Gasteiger partial charge is 0.490 e. The number of nitrogens with two attached hydrogens (primary N) is 1. The Morgan fingerprint density at radius 1 is 1.44 bits per heavy atom. The molecule has 1 saturated carbocycles. The SMILES string of the molecule is NC(Cc1ccc(OC2CC2)cc1)C(=O)O. The van der Waals surface area contributed by atoms with Gasteiger partial charge in [0.2, 0.25) is 0 Å². The van der Waals surface area contributed by atoms with Gasteiger partial charge < -0.3 is 15.6 Å². The molecule has 2 rings (SSSR count). The van der Waals surface area contributed by atoms with Crippen LogP contribution in [-0.4, -0.2) is 23.2 Å². The molecule has 0 heterocycles. The highest BCUT2D eigenvalue weighted by Crippen LogP contribution is 2.26. The van der Waals surface area contributed by atoms with Crippen LogP contribution in [0.1, 0.15) is 18.4 Å². The zero-order valence-corrected chi connectivity index (χ0v) is 8.93. The molecule has 0 aliphatic heterocycles. The number of aliphatic carboxylic acids is 1. The maximum atomic E-state index is 10.6. The van der Waals surface area contributed by atoms with E-state index in [4.69, 9.17) is 15.6 Å². The van der Waals surface area contributed by atoms with Gasteiger partial charge in [0.05, 0.1) is 6.10 Å². The lowest BCUT2D eigenvalue weighted by Gasteiger charge is -2.08. The summed E-state index contributed by atoms with van der Waals surface area (Å²) in [6.45, 7) is 0. The first-order chi connectivity index (χ1) is 7.65. The summed E-state index contributed by atoms with van der Waals surface area (Å²) in [6.07, 6.45) is 2.99. The van der Waals surface area contributed by atoms with Gasteiger partial charge in [0.15, 0.2) is 0 Å². The predicted molar refractivity (Wildman–Crippen MR) is 59.4 cm³/mol. The van der Waals surface area contributed by atoms with E-state index in [-0.39, 0.29) is 0 Å². The molecule has 4 heteroatoms. The number of rotatable bonds is 5. The first kappa shape index (κ1) is 11.0. The molecule has 0 radical (unpaired) electrons. The highest BCUT2D eigenvalue weighted by atomic mass is 16.5. The molecule has 1 aromatic carbocycles. The Kier molecular flexibility index (Phi) is 3.10. The topological polar surface area (TPSA) is 72.5 Å². The van der Waals surface area contributed by atoms with Gasteiger partial charge in [-0.2, -0.15) is 0 Å². The smallest absolute Gasteiger partial charge is 0.320 e. The zero-order valence-electron chi connectivity index (χ0n) is 8.93. The summed E-state index contributed by atoms with van der Waals surface area (Å²) in [5.74, 6) is -0.131. The third-order valence-corrected chi connectivity index (χ3v) is 2.52. The van der Waals surface area contributed by atoms with E-state index in [0.717, 1.165) is 24.2 Å². The summed E-state index contributed by atoms with van der Waals surface area (Å²) in [5, 5.41) is 8.68.